The standard InChI is InChI=1S/C8H15GeNO4/c1-2-9-12-5-3-10(4-6-13-9)7-8(11)14-9/h2-7H2,1H3. The van der Waals surface area contributed by atoms with E-state index in [0.717, 1.165) is 13.1 Å². The van der Waals surface area contributed by atoms with Gasteiger partial charge < -0.3 is 0 Å². The fourth-order valence-corrected chi connectivity index (χ4v) is 5.83. The van der Waals surface area contributed by atoms with Crippen LogP contribution in [0.5, 0.6) is 0 Å². The van der Waals surface area contributed by atoms with Gasteiger partial charge in [0.2, 0.25) is 0 Å². The number of rotatable bonds is 1. The molecule has 3 heterocycles. The summed E-state index contributed by atoms with van der Waals surface area (Å²) in [6.45, 7) is 5.23. The Labute approximate surface area is 86.7 Å². The molecule has 2 bridgehead atoms. The number of hydrogen-bond acceptors (Lipinski definition) is 5. The summed E-state index contributed by atoms with van der Waals surface area (Å²) < 4.78 is 16.6. The van der Waals surface area contributed by atoms with Crippen molar-refractivity contribution in [2.75, 3.05) is 32.8 Å². The third-order valence-corrected chi connectivity index (χ3v) is 8.16. The van der Waals surface area contributed by atoms with Gasteiger partial charge in [-0.05, 0) is 0 Å². The summed E-state index contributed by atoms with van der Waals surface area (Å²) >= 11 is -3.17. The minimum atomic E-state index is -3.17. The van der Waals surface area contributed by atoms with E-state index in [1.807, 2.05) is 11.8 Å². The molecule has 0 amide bonds. The van der Waals surface area contributed by atoms with Crippen LogP contribution in [0.15, 0.2) is 0 Å². The van der Waals surface area contributed by atoms with E-state index in [0.29, 0.717) is 25.0 Å². The van der Waals surface area contributed by atoms with Gasteiger partial charge in [0.1, 0.15) is 0 Å². The van der Waals surface area contributed by atoms with Crippen LogP contribution >= 0.6 is 0 Å². The first-order chi connectivity index (χ1) is 6.74. The fraction of sp³-hybridized carbons (Fsp3) is 0.875. The maximum absolute atomic E-state index is 11.4. The average molecular weight is 262 g/mol. The molecule has 0 unspecified atom stereocenters. The molecule has 0 aromatic carbocycles. The number of carbonyl (C=O) groups excluding carboxylic acids is 1. The van der Waals surface area contributed by atoms with Gasteiger partial charge in [-0.1, -0.05) is 0 Å². The van der Waals surface area contributed by atoms with E-state index in [1.54, 1.807) is 0 Å². The second kappa shape index (κ2) is 4.18. The van der Waals surface area contributed by atoms with Gasteiger partial charge in [-0.2, -0.15) is 0 Å². The van der Waals surface area contributed by atoms with E-state index < -0.39 is 14.3 Å². The first-order valence-electron chi connectivity index (χ1n) is 4.96. The zero-order valence-corrected chi connectivity index (χ0v) is 10.4. The van der Waals surface area contributed by atoms with Gasteiger partial charge in [0, 0.05) is 0 Å². The molecule has 0 aliphatic carbocycles. The molecule has 3 saturated heterocycles. The number of nitrogens with zero attached hydrogens (tertiary/aromatic N) is 1. The van der Waals surface area contributed by atoms with Gasteiger partial charge in [0.05, 0.1) is 0 Å². The van der Waals surface area contributed by atoms with E-state index in [9.17, 15) is 4.79 Å². The molecule has 5 nitrogen and oxygen atoms in total. The Morgan fingerprint density at radius 3 is 2.57 bits per heavy atom. The van der Waals surface area contributed by atoms with Crippen molar-refractivity contribution in [3.05, 3.63) is 0 Å². The van der Waals surface area contributed by atoms with Gasteiger partial charge in [-0.15, -0.1) is 0 Å². The fourth-order valence-electron chi connectivity index (χ4n) is 1.70. The Morgan fingerprint density at radius 1 is 1.36 bits per heavy atom. The van der Waals surface area contributed by atoms with E-state index >= 15 is 0 Å². The minimum absolute atomic E-state index is 0.189. The third kappa shape index (κ3) is 2.10. The van der Waals surface area contributed by atoms with Crippen molar-refractivity contribution in [1.29, 1.82) is 0 Å². The van der Waals surface area contributed by atoms with Gasteiger partial charge in [-0.25, -0.2) is 0 Å². The van der Waals surface area contributed by atoms with E-state index in [4.69, 9.17) is 11.3 Å². The average Bonchev–Trinajstić information content (AvgIpc) is 2.08. The summed E-state index contributed by atoms with van der Waals surface area (Å²) in [7, 11) is 0. The summed E-state index contributed by atoms with van der Waals surface area (Å²) in [6, 6.07) is 0. The zero-order chi connectivity index (χ0) is 10.0. The van der Waals surface area contributed by atoms with Gasteiger partial charge in [-0.3, -0.25) is 0 Å². The Hall–Kier alpha value is -0.107. The van der Waals surface area contributed by atoms with Crippen LogP contribution in [0, 0.1) is 0 Å². The normalized spacial score (nSPS) is 38.4. The molecule has 0 aromatic rings. The van der Waals surface area contributed by atoms with Gasteiger partial charge in [0.25, 0.3) is 0 Å². The molecule has 0 aromatic heterocycles. The molecule has 3 aliphatic heterocycles. The van der Waals surface area contributed by atoms with Crippen LogP contribution in [-0.4, -0.2) is 58.0 Å². The molecule has 0 N–H and O–H groups in total. The van der Waals surface area contributed by atoms with Gasteiger partial charge in [0.15, 0.2) is 0 Å². The monoisotopic (exact) mass is 263 g/mol. The van der Waals surface area contributed by atoms with Crippen LogP contribution in [0.25, 0.3) is 0 Å². The molecule has 14 heavy (non-hydrogen) atoms. The maximum atomic E-state index is 11.4. The van der Waals surface area contributed by atoms with Gasteiger partial charge >= 0.3 is 86.3 Å². The van der Waals surface area contributed by atoms with E-state index in [1.165, 1.54) is 0 Å². The van der Waals surface area contributed by atoms with Crippen molar-refractivity contribution < 1.29 is 16.1 Å². The molecule has 3 fully saturated rings. The quantitative estimate of drug-likeness (QED) is 0.615. The number of fused-ring (bicyclic) bond motifs is 6. The predicted octanol–water partition coefficient (Wildman–Crippen LogP) is -0.149. The van der Waals surface area contributed by atoms with Crippen molar-refractivity contribution in [3.8, 4) is 0 Å². The second-order valence-electron chi connectivity index (χ2n) is 3.48. The number of carbonyl (C=O) groups is 1. The topological polar surface area (TPSA) is 48.0 Å². The molecule has 0 spiro atoms. The third-order valence-electron chi connectivity index (χ3n) is 2.51. The molecular formula is C8H15GeNO4. The molecule has 3 aliphatic rings. The Morgan fingerprint density at radius 2 is 2.00 bits per heavy atom. The van der Waals surface area contributed by atoms with E-state index in [2.05, 4.69) is 0 Å². The van der Waals surface area contributed by atoms with Crippen LogP contribution < -0.4 is 0 Å². The van der Waals surface area contributed by atoms with Crippen LogP contribution in [0.1, 0.15) is 6.92 Å². The Balaban J connectivity index is 2.17. The first kappa shape index (κ1) is 10.4. The second-order valence-corrected chi connectivity index (χ2v) is 9.47. The molecular weight excluding hydrogens is 247 g/mol. The first-order valence-corrected chi connectivity index (χ1v) is 9.01. The predicted molar refractivity (Wildman–Crippen MR) is 50.7 cm³/mol. The molecule has 80 valence electrons. The molecule has 0 saturated carbocycles. The Bertz CT molecular complexity index is 225. The summed E-state index contributed by atoms with van der Waals surface area (Å²) in [5, 5.41) is 0.714. The summed E-state index contributed by atoms with van der Waals surface area (Å²) in [4.78, 5) is 13.4. The number of hydrogen-bond donors (Lipinski definition) is 0. The molecule has 0 atom stereocenters. The van der Waals surface area contributed by atoms with Crippen LogP contribution in [0.3, 0.4) is 0 Å². The molecule has 6 heteroatoms. The summed E-state index contributed by atoms with van der Waals surface area (Å²) in [6.07, 6.45) is 0. The molecule has 3 rings (SSSR count). The van der Waals surface area contributed by atoms with Crippen LogP contribution in [0.4, 0.5) is 0 Å². The van der Waals surface area contributed by atoms with Crippen molar-refractivity contribution in [1.82, 2.24) is 4.90 Å². The summed E-state index contributed by atoms with van der Waals surface area (Å²) in [5.41, 5.74) is 0. The SMILES string of the molecule is C[CH2][Ge]12[O]CCN(CC[O]1)CC(=O)[O]2. The van der Waals surface area contributed by atoms with Crippen molar-refractivity contribution in [2.45, 2.75) is 12.2 Å². The zero-order valence-electron chi connectivity index (χ0n) is 8.32. The Kier molecular flexibility index (Phi) is 3.11. The van der Waals surface area contributed by atoms with Crippen LogP contribution in [-0.2, 0) is 16.1 Å². The van der Waals surface area contributed by atoms with Crippen molar-refractivity contribution in [2.24, 2.45) is 0 Å². The summed E-state index contributed by atoms with van der Waals surface area (Å²) in [5.74, 6) is -0.189. The molecule has 0 radical (unpaired) electrons. The van der Waals surface area contributed by atoms with E-state index in [-0.39, 0.29) is 5.97 Å². The van der Waals surface area contributed by atoms with Crippen molar-refractivity contribution >= 4 is 20.2 Å². The van der Waals surface area contributed by atoms with Crippen LogP contribution in [0.2, 0.25) is 5.25 Å². The van der Waals surface area contributed by atoms with Crippen molar-refractivity contribution in [3.63, 3.8) is 0 Å².